The van der Waals surface area contributed by atoms with Crippen LogP contribution in [-0.4, -0.2) is 46.4 Å². The van der Waals surface area contributed by atoms with Gasteiger partial charge in [0.05, 0.1) is 5.56 Å². The molecule has 19 heavy (non-hydrogen) atoms. The van der Waals surface area contributed by atoms with Crippen molar-refractivity contribution in [2.24, 2.45) is 0 Å². The van der Waals surface area contributed by atoms with Crippen molar-refractivity contribution in [1.29, 1.82) is 0 Å². The number of pyridine rings is 1. The van der Waals surface area contributed by atoms with Crippen LogP contribution in [-0.2, 0) is 0 Å². The van der Waals surface area contributed by atoms with E-state index in [0.717, 1.165) is 0 Å². The number of aromatic nitrogens is 1. The highest BCUT2D eigenvalue weighted by Gasteiger charge is 2.28. The zero-order chi connectivity index (χ0) is 14.0. The number of hydrogen-bond donors (Lipinski definition) is 1. The van der Waals surface area contributed by atoms with E-state index in [1.807, 2.05) is 11.8 Å². The Labute approximate surface area is 116 Å². The lowest BCUT2D eigenvalue weighted by atomic mass is 10.2. The minimum atomic E-state index is -0.575. The van der Waals surface area contributed by atoms with Crippen LogP contribution >= 0.6 is 11.8 Å². The van der Waals surface area contributed by atoms with Gasteiger partial charge in [-0.05, 0) is 6.07 Å². The monoisotopic (exact) mass is 283 g/mol. The van der Waals surface area contributed by atoms with Gasteiger partial charge in [-0.2, -0.15) is 11.8 Å². The van der Waals surface area contributed by atoms with Gasteiger partial charge in [-0.3, -0.25) is 4.79 Å². The molecular formula is C13H18FN3OS. The molecule has 1 fully saturated rings. The molecule has 1 amide bonds. The van der Waals surface area contributed by atoms with E-state index in [-0.39, 0.29) is 17.3 Å². The van der Waals surface area contributed by atoms with Crippen molar-refractivity contribution >= 4 is 23.5 Å². The predicted octanol–water partition coefficient (Wildman–Crippen LogP) is 2.23. The maximum Gasteiger partial charge on any atom is 0.257 e. The first-order chi connectivity index (χ1) is 9.02. The molecule has 0 bridgehead atoms. The molecule has 0 saturated carbocycles. The Morgan fingerprint density at radius 2 is 2.11 bits per heavy atom. The van der Waals surface area contributed by atoms with Gasteiger partial charge in [-0.15, -0.1) is 0 Å². The van der Waals surface area contributed by atoms with Crippen LogP contribution in [0.3, 0.4) is 0 Å². The van der Waals surface area contributed by atoms with E-state index in [4.69, 9.17) is 0 Å². The first-order valence-corrected chi connectivity index (χ1v) is 7.24. The molecule has 6 heteroatoms. The van der Waals surface area contributed by atoms with Crippen LogP contribution in [0.2, 0.25) is 0 Å². The van der Waals surface area contributed by atoms with Gasteiger partial charge in [0.25, 0.3) is 5.91 Å². The van der Waals surface area contributed by atoms with E-state index in [9.17, 15) is 9.18 Å². The summed E-state index contributed by atoms with van der Waals surface area (Å²) in [5.41, 5.74) is 0.0886. The maximum atomic E-state index is 14.1. The standard InChI is InChI=1S/C13H18FN3OS/c1-8-6-17(7-9(2)19-8)13(18)10-4-5-16-12(15-3)11(10)14/h4-5,8-9H,6-7H2,1-3H3,(H,15,16). The summed E-state index contributed by atoms with van der Waals surface area (Å²) in [5.74, 6) is -0.720. The van der Waals surface area contributed by atoms with Crippen molar-refractivity contribution in [3.8, 4) is 0 Å². The Kier molecular flexibility index (Phi) is 4.29. The molecular weight excluding hydrogens is 265 g/mol. The predicted molar refractivity (Wildman–Crippen MR) is 76.2 cm³/mol. The van der Waals surface area contributed by atoms with Crippen molar-refractivity contribution < 1.29 is 9.18 Å². The van der Waals surface area contributed by atoms with Crippen LogP contribution in [0.15, 0.2) is 12.3 Å². The third-order valence-corrected chi connectivity index (χ3v) is 4.29. The Balaban J connectivity index is 2.24. The zero-order valence-corrected chi connectivity index (χ0v) is 12.1. The maximum absolute atomic E-state index is 14.1. The number of carbonyl (C=O) groups excluding carboxylic acids is 1. The van der Waals surface area contributed by atoms with Crippen LogP contribution in [0.25, 0.3) is 0 Å². The van der Waals surface area contributed by atoms with E-state index in [2.05, 4.69) is 24.1 Å². The average Bonchev–Trinajstić information content (AvgIpc) is 2.37. The first kappa shape index (κ1) is 14.1. The lowest BCUT2D eigenvalue weighted by Gasteiger charge is -2.34. The lowest BCUT2D eigenvalue weighted by Crippen LogP contribution is -2.44. The van der Waals surface area contributed by atoms with Crippen LogP contribution in [0, 0.1) is 5.82 Å². The SMILES string of the molecule is CNc1nccc(C(=O)N2CC(C)SC(C)C2)c1F. The molecule has 0 radical (unpaired) electrons. The Hall–Kier alpha value is -1.30. The summed E-state index contributed by atoms with van der Waals surface area (Å²) in [6.07, 6.45) is 1.45. The molecule has 2 rings (SSSR count). The number of nitrogens with zero attached hydrogens (tertiary/aromatic N) is 2. The van der Waals surface area contributed by atoms with E-state index in [0.29, 0.717) is 23.6 Å². The summed E-state index contributed by atoms with van der Waals surface area (Å²) < 4.78 is 14.1. The number of nitrogens with one attached hydrogen (secondary N) is 1. The zero-order valence-electron chi connectivity index (χ0n) is 11.3. The van der Waals surface area contributed by atoms with Crippen molar-refractivity contribution in [2.45, 2.75) is 24.3 Å². The fourth-order valence-electron chi connectivity index (χ4n) is 2.30. The van der Waals surface area contributed by atoms with E-state index in [1.54, 1.807) is 11.9 Å². The number of carbonyl (C=O) groups is 1. The average molecular weight is 283 g/mol. The normalized spacial score (nSPS) is 23.3. The molecule has 104 valence electrons. The van der Waals surface area contributed by atoms with E-state index in [1.165, 1.54) is 12.3 Å². The first-order valence-electron chi connectivity index (χ1n) is 6.30. The Morgan fingerprint density at radius 3 is 2.68 bits per heavy atom. The number of amides is 1. The van der Waals surface area contributed by atoms with Gasteiger partial charge < -0.3 is 10.2 Å². The van der Waals surface area contributed by atoms with Crippen LogP contribution < -0.4 is 5.32 Å². The van der Waals surface area contributed by atoms with Crippen LogP contribution in [0.5, 0.6) is 0 Å². The van der Waals surface area contributed by atoms with Crippen molar-refractivity contribution in [1.82, 2.24) is 9.88 Å². The summed E-state index contributed by atoms with van der Waals surface area (Å²) in [6, 6.07) is 1.44. The summed E-state index contributed by atoms with van der Waals surface area (Å²) in [6.45, 7) is 5.49. The number of anilines is 1. The largest absolute Gasteiger partial charge is 0.371 e. The van der Waals surface area contributed by atoms with E-state index >= 15 is 0 Å². The van der Waals surface area contributed by atoms with Crippen molar-refractivity contribution in [3.05, 3.63) is 23.6 Å². The van der Waals surface area contributed by atoms with Gasteiger partial charge in [0.1, 0.15) is 0 Å². The Morgan fingerprint density at radius 1 is 1.47 bits per heavy atom. The molecule has 1 saturated heterocycles. The van der Waals surface area contributed by atoms with Gasteiger partial charge in [0.15, 0.2) is 11.6 Å². The fraction of sp³-hybridized carbons (Fsp3) is 0.538. The van der Waals surface area contributed by atoms with Crippen molar-refractivity contribution in [3.63, 3.8) is 0 Å². The molecule has 2 unspecified atom stereocenters. The second-order valence-electron chi connectivity index (χ2n) is 4.74. The van der Waals surface area contributed by atoms with E-state index < -0.39 is 5.82 Å². The topological polar surface area (TPSA) is 45.2 Å². The molecule has 2 heterocycles. The second-order valence-corrected chi connectivity index (χ2v) is 6.62. The molecule has 0 spiro atoms. The molecule has 1 aliphatic rings. The number of thioether (sulfide) groups is 1. The third kappa shape index (κ3) is 3.00. The molecule has 1 aliphatic heterocycles. The van der Waals surface area contributed by atoms with Gasteiger partial charge >= 0.3 is 0 Å². The summed E-state index contributed by atoms with van der Waals surface area (Å²) in [5, 5.41) is 3.40. The van der Waals surface area contributed by atoms with Crippen LogP contribution in [0.1, 0.15) is 24.2 Å². The molecule has 4 nitrogen and oxygen atoms in total. The number of halogens is 1. The quantitative estimate of drug-likeness (QED) is 0.904. The molecule has 1 N–H and O–H groups in total. The highest BCUT2D eigenvalue weighted by molar-refractivity contribution is 8.00. The number of rotatable bonds is 2. The highest BCUT2D eigenvalue weighted by atomic mass is 32.2. The summed E-state index contributed by atoms with van der Waals surface area (Å²) in [4.78, 5) is 18.0. The summed E-state index contributed by atoms with van der Waals surface area (Å²) >= 11 is 1.86. The smallest absolute Gasteiger partial charge is 0.257 e. The number of hydrogen-bond acceptors (Lipinski definition) is 4. The molecule has 2 atom stereocenters. The second kappa shape index (κ2) is 5.77. The molecule has 1 aromatic heterocycles. The van der Waals surface area contributed by atoms with Crippen molar-refractivity contribution in [2.75, 3.05) is 25.5 Å². The summed E-state index contributed by atoms with van der Waals surface area (Å²) in [7, 11) is 1.58. The molecule has 0 aromatic carbocycles. The molecule has 1 aromatic rings. The van der Waals surface area contributed by atoms with Gasteiger partial charge in [0, 0.05) is 36.8 Å². The van der Waals surface area contributed by atoms with Gasteiger partial charge in [-0.1, -0.05) is 13.8 Å². The third-order valence-electron chi connectivity index (χ3n) is 3.06. The Bertz CT molecular complexity index is 473. The lowest BCUT2D eigenvalue weighted by molar-refractivity contribution is 0.0748. The van der Waals surface area contributed by atoms with Gasteiger partial charge in [0.2, 0.25) is 0 Å². The van der Waals surface area contributed by atoms with Gasteiger partial charge in [-0.25, -0.2) is 9.37 Å². The highest BCUT2D eigenvalue weighted by Crippen LogP contribution is 2.26. The minimum absolute atomic E-state index is 0.0886. The molecule has 0 aliphatic carbocycles. The van der Waals surface area contributed by atoms with Crippen LogP contribution in [0.4, 0.5) is 10.2 Å². The minimum Gasteiger partial charge on any atom is -0.371 e. The fourth-order valence-corrected chi connectivity index (χ4v) is 3.62.